The third-order valence-electron chi connectivity index (χ3n) is 2.61. The van der Waals surface area contributed by atoms with Crippen LogP contribution in [-0.2, 0) is 19.1 Å². The van der Waals surface area contributed by atoms with Gasteiger partial charge in [0.1, 0.15) is 11.5 Å². The molecule has 0 aromatic rings. The predicted molar refractivity (Wildman–Crippen MR) is 51.9 cm³/mol. The minimum Gasteiger partial charge on any atom is -0.457 e. The van der Waals surface area contributed by atoms with Crippen molar-refractivity contribution in [2.75, 3.05) is 0 Å². The van der Waals surface area contributed by atoms with Gasteiger partial charge < -0.3 is 9.47 Å². The average molecular weight is 212 g/mol. The van der Waals surface area contributed by atoms with Crippen LogP contribution in [0, 0.1) is 11.8 Å². The number of carbonyl (C=O) groups is 2. The molecule has 0 bridgehead atoms. The summed E-state index contributed by atoms with van der Waals surface area (Å²) >= 11 is 0. The zero-order valence-corrected chi connectivity index (χ0v) is 9.28. The van der Waals surface area contributed by atoms with E-state index in [4.69, 9.17) is 9.47 Å². The largest absolute Gasteiger partial charge is 0.457 e. The smallest absolute Gasteiger partial charge is 0.348 e. The van der Waals surface area contributed by atoms with Crippen molar-refractivity contribution in [2.45, 2.75) is 45.3 Å². The second-order valence-corrected chi connectivity index (χ2v) is 5.25. The Labute approximate surface area is 88.9 Å². The van der Waals surface area contributed by atoms with Crippen molar-refractivity contribution >= 4 is 11.9 Å². The number of hydrogen-bond donors (Lipinski definition) is 0. The highest BCUT2D eigenvalue weighted by Gasteiger charge is 2.55. The highest BCUT2D eigenvalue weighted by molar-refractivity contribution is 5.92. The molecule has 0 aromatic carbocycles. The van der Waals surface area contributed by atoms with Gasteiger partial charge >= 0.3 is 11.9 Å². The Balaban J connectivity index is 1.94. The summed E-state index contributed by atoms with van der Waals surface area (Å²) in [4.78, 5) is 22.8. The summed E-state index contributed by atoms with van der Waals surface area (Å²) in [5, 5.41) is 0. The Bertz CT molecular complexity index is 298. The molecule has 15 heavy (non-hydrogen) atoms. The van der Waals surface area contributed by atoms with E-state index in [1.54, 1.807) is 20.8 Å². The van der Waals surface area contributed by atoms with E-state index in [0.29, 0.717) is 5.92 Å². The zero-order chi connectivity index (χ0) is 11.2. The predicted octanol–water partition coefficient (Wildman–Crippen LogP) is 1.28. The minimum atomic E-state index is -0.649. The quantitative estimate of drug-likeness (QED) is 0.647. The molecule has 84 valence electrons. The summed E-state index contributed by atoms with van der Waals surface area (Å²) < 4.78 is 10.0. The van der Waals surface area contributed by atoms with Gasteiger partial charge in [-0.25, -0.2) is 4.79 Å². The molecule has 1 aliphatic heterocycles. The van der Waals surface area contributed by atoms with Crippen molar-refractivity contribution in [3.8, 4) is 0 Å². The molecule has 1 aliphatic carbocycles. The van der Waals surface area contributed by atoms with Crippen LogP contribution < -0.4 is 0 Å². The van der Waals surface area contributed by atoms with Gasteiger partial charge in [-0.3, -0.25) is 4.79 Å². The van der Waals surface area contributed by atoms with Crippen LogP contribution in [0.5, 0.6) is 0 Å². The van der Waals surface area contributed by atoms with Crippen molar-refractivity contribution in [3.63, 3.8) is 0 Å². The molecule has 2 aliphatic rings. The maximum atomic E-state index is 11.6. The SMILES string of the molecule is CC(C)(C)OC(=O)[C@@H]1OC(=O)[C@H]1C1CC1. The third-order valence-corrected chi connectivity index (χ3v) is 2.61. The summed E-state index contributed by atoms with van der Waals surface area (Å²) in [7, 11) is 0. The van der Waals surface area contributed by atoms with Gasteiger partial charge in [0.25, 0.3) is 0 Å². The van der Waals surface area contributed by atoms with E-state index in [2.05, 4.69) is 0 Å². The molecule has 0 unspecified atom stereocenters. The Morgan fingerprint density at radius 3 is 2.40 bits per heavy atom. The molecular weight excluding hydrogens is 196 g/mol. The Morgan fingerprint density at radius 2 is 2.00 bits per heavy atom. The van der Waals surface area contributed by atoms with E-state index in [-0.39, 0.29) is 11.9 Å². The van der Waals surface area contributed by atoms with Crippen molar-refractivity contribution < 1.29 is 19.1 Å². The van der Waals surface area contributed by atoms with Gasteiger partial charge in [0.15, 0.2) is 0 Å². The highest BCUT2D eigenvalue weighted by Crippen LogP contribution is 2.44. The van der Waals surface area contributed by atoms with Crippen LogP contribution in [0.25, 0.3) is 0 Å². The van der Waals surface area contributed by atoms with E-state index in [0.717, 1.165) is 12.8 Å². The van der Waals surface area contributed by atoms with Gasteiger partial charge in [-0.05, 0) is 39.5 Å². The number of hydrogen-bond acceptors (Lipinski definition) is 4. The van der Waals surface area contributed by atoms with Crippen LogP contribution in [0.3, 0.4) is 0 Å². The summed E-state index contributed by atoms with van der Waals surface area (Å²) in [5.41, 5.74) is -0.521. The lowest BCUT2D eigenvalue weighted by atomic mass is 9.91. The van der Waals surface area contributed by atoms with Crippen molar-refractivity contribution in [1.82, 2.24) is 0 Å². The van der Waals surface area contributed by atoms with Gasteiger partial charge in [-0.1, -0.05) is 0 Å². The fourth-order valence-electron chi connectivity index (χ4n) is 1.78. The summed E-state index contributed by atoms with van der Waals surface area (Å²) in [6.07, 6.45) is 1.40. The summed E-state index contributed by atoms with van der Waals surface area (Å²) in [5.74, 6) is -0.532. The van der Waals surface area contributed by atoms with Crippen LogP contribution in [0.2, 0.25) is 0 Å². The molecule has 0 spiro atoms. The number of ether oxygens (including phenoxy) is 2. The van der Waals surface area contributed by atoms with Gasteiger partial charge in [0.2, 0.25) is 6.10 Å². The van der Waals surface area contributed by atoms with Crippen LogP contribution in [-0.4, -0.2) is 23.6 Å². The normalized spacial score (nSPS) is 30.5. The van der Waals surface area contributed by atoms with Crippen molar-refractivity contribution in [1.29, 1.82) is 0 Å². The fraction of sp³-hybridized carbons (Fsp3) is 0.818. The molecule has 2 rings (SSSR count). The second-order valence-electron chi connectivity index (χ2n) is 5.25. The average Bonchev–Trinajstić information content (AvgIpc) is 2.80. The molecule has 1 saturated heterocycles. The lowest BCUT2D eigenvalue weighted by Crippen LogP contribution is -2.52. The Hall–Kier alpha value is -1.06. The van der Waals surface area contributed by atoms with E-state index < -0.39 is 17.7 Å². The van der Waals surface area contributed by atoms with Crippen molar-refractivity contribution in [3.05, 3.63) is 0 Å². The van der Waals surface area contributed by atoms with Crippen LogP contribution >= 0.6 is 0 Å². The minimum absolute atomic E-state index is 0.236. The molecule has 2 atom stereocenters. The molecule has 0 aromatic heterocycles. The number of carbonyl (C=O) groups excluding carboxylic acids is 2. The first-order valence-corrected chi connectivity index (χ1v) is 5.32. The molecule has 1 saturated carbocycles. The van der Waals surface area contributed by atoms with Crippen molar-refractivity contribution in [2.24, 2.45) is 11.8 Å². The first-order valence-electron chi connectivity index (χ1n) is 5.32. The van der Waals surface area contributed by atoms with Gasteiger partial charge in [-0.15, -0.1) is 0 Å². The molecule has 1 heterocycles. The Kier molecular flexibility index (Phi) is 2.24. The maximum absolute atomic E-state index is 11.6. The fourth-order valence-corrected chi connectivity index (χ4v) is 1.78. The molecular formula is C11H16O4. The first kappa shape index (κ1) is 10.5. The number of esters is 2. The molecule has 0 N–H and O–H groups in total. The molecule has 4 heteroatoms. The van der Waals surface area contributed by atoms with E-state index in [1.807, 2.05) is 0 Å². The summed E-state index contributed by atoms with van der Waals surface area (Å²) in [6.45, 7) is 5.41. The van der Waals surface area contributed by atoms with Crippen LogP contribution in [0.1, 0.15) is 33.6 Å². The molecule has 0 amide bonds. The summed E-state index contributed by atoms with van der Waals surface area (Å²) in [6, 6.07) is 0. The van der Waals surface area contributed by atoms with E-state index in [9.17, 15) is 9.59 Å². The number of cyclic esters (lactones) is 1. The first-order chi connectivity index (χ1) is 6.88. The monoisotopic (exact) mass is 212 g/mol. The highest BCUT2D eigenvalue weighted by atomic mass is 16.6. The lowest BCUT2D eigenvalue weighted by molar-refractivity contribution is -0.205. The molecule has 4 nitrogen and oxygen atoms in total. The van der Waals surface area contributed by atoms with E-state index in [1.165, 1.54) is 0 Å². The lowest BCUT2D eigenvalue weighted by Gasteiger charge is -2.35. The van der Waals surface area contributed by atoms with E-state index >= 15 is 0 Å². The maximum Gasteiger partial charge on any atom is 0.348 e. The molecule has 0 radical (unpaired) electrons. The Morgan fingerprint density at radius 1 is 1.40 bits per heavy atom. The zero-order valence-electron chi connectivity index (χ0n) is 9.28. The third kappa shape index (κ3) is 2.13. The number of rotatable bonds is 2. The van der Waals surface area contributed by atoms with Gasteiger partial charge in [0, 0.05) is 0 Å². The molecule has 2 fully saturated rings. The van der Waals surface area contributed by atoms with Gasteiger partial charge in [0.05, 0.1) is 0 Å². The van der Waals surface area contributed by atoms with Crippen LogP contribution in [0.4, 0.5) is 0 Å². The van der Waals surface area contributed by atoms with Gasteiger partial charge in [-0.2, -0.15) is 0 Å². The second kappa shape index (κ2) is 3.22. The van der Waals surface area contributed by atoms with Crippen LogP contribution in [0.15, 0.2) is 0 Å². The standard InChI is InChI=1S/C11H16O4/c1-11(2,3)15-10(13)8-7(6-4-5-6)9(12)14-8/h6-8H,4-5H2,1-3H3/t7-,8+/m0/s1. The topological polar surface area (TPSA) is 52.6 Å².